The lowest BCUT2D eigenvalue weighted by Crippen LogP contribution is -2.47. The smallest absolute Gasteiger partial charge is 0.257 e. The molecule has 2 aliphatic rings. The summed E-state index contributed by atoms with van der Waals surface area (Å²) < 4.78 is 0. The molecule has 0 aromatic carbocycles. The van der Waals surface area contributed by atoms with E-state index < -0.39 is 0 Å². The second-order valence-corrected chi connectivity index (χ2v) is 10.4. The lowest BCUT2D eigenvalue weighted by Gasteiger charge is -2.35. The Morgan fingerprint density at radius 2 is 2.03 bits per heavy atom. The fourth-order valence-corrected chi connectivity index (χ4v) is 5.54. The second kappa shape index (κ2) is 13.8. The number of nitrogens with one attached hydrogen (secondary N) is 2. The van der Waals surface area contributed by atoms with E-state index >= 15 is 0 Å². The molecule has 0 radical (unpaired) electrons. The summed E-state index contributed by atoms with van der Waals surface area (Å²) in [6.45, 7) is 12.9. The summed E-state index contributed by atoms with van der Waals surface area (Å²) in [7, 11) is 0. The van der Waals surface area contributed by atoms with Crippen molar-refractivity contribution in [3.63, 3.8) is 0 Å². The van der Waals surface area contributed by atoms with Crippen molar-refractivity contribution < 1.29 is 9.90 Å². The number of nitrogens with zero attached hydrogens (tertiary/aromatic N) is 4. The summed E-state index contributed by atoms with van der Waals surface area (Å²) in [5.74, 6) is 2.60. The number of aromatic nitrogens is 2. The zero-order valence-electron chi connectivity index (χ0n) is 21.1. The highest BCUT2D eigenvalue weighted by molar-refractivity contribution is 8.07. The van der Waals surface area contributed by atoms with E-state index in [9.17, 15) is 4.79 Å². The van der Waals surface area contributed by atoms with Gasteiger partial charge in [0.2, 0.25) is 0 Å². The molecule has 10 heteroatoms. The molecule has 1 aliphatic heterocycles. The third-order valence-electron chi connectivity index (χ3n) is 6.69. The molecule has 0 spiro atoms. The number of piperazine rings is 1. The van der Waals surface area contributed by atoms with Crippen LogP contribution < -0.4 is 21.3 Å². The Hall–Kier alpha value is -2.14. The van der Waals surface area contributed by atoms with Crippen molar-refractivity contribution in [3.8, 4) is 0 Å². The number of carbonyl (C=O) groups excluding carboxylic acids is 1. The van der Waals surface area contributed by atoms with Gasteiger partial charge in [0, 0.05) is 44.8 Å². The Kier molecular flexibility index (Phi) is 10.8. The standard InChI is InChI=1S/C25H41N7O2S/c1-4-22(25(34)30-21-8-6-5-7-20(21)9-10-26)35-19(3)29-23-17-24(28-18(2)27-23)32-13-11-31(12-14-32)15-16-33/h4,17,20-21,33H,3,5-16,26H2,1-2H3,(H,30,34)(H,27,28,29)/b22-4-. The quantitative estimate of drug-likeness (QED) is 0.338. The first-order valence-corrected chi connectivity index (χ1v) is 13.5. The maximum atomic E-state index is 13.0. The molecule has 35 heavy (non-hydrogen) atoms. The molecule has 2 unspecified atom stereocenters. The molecule has 1 amide bonds. The van der Waals surface area contributed by atoms with Crippen LogP contribution in [0.15, 0.2) is 28.7 Å². The Balaban J connectivity index is 1.57. The van der Waals surface area contributed by atoms with Crippen molar-refractivity contribution >= 4 is 29.3 Å². The molecule has 0 bridgehead atoms. The van der Waals surface area contributed by atoms with Crippen LogP contribution in [0.2, 0.25) is 0 Å². The summed E-state index contributed by atoms with van der Waals surface area (Å²) in [6.07, 6.45) is 7.26. The number of amides is 1. The van der Waals surface area contributed by atoms with Gasteiger partial charge in [0.15, 0.2) is 0 Å². The summed E-state index contributed by atoms with van der Waals surface area (Å²) in [5, 5.41) is 16.3. The van der Waals surface area contributed by atoms with Crippen LogP contribution in [0.3, 0.4) is 0 Å². The summed E-state index contributed by atoms with van der Waals surface area (Å²) >= 11 is 1.32. The molecule has 9 nitrogen and oxygen atoms in total. The van der Waals surface area contributed by atoms with E-state index in [4.69, 9.17) is 10.8 Å². The minimum atomic E-state index is -0.0605. The first-order valence-electron chi connectivity index (χ1n) is 12.7. The van der Waals surface area contributed by atoms with E-state index in [-0.39, 0.29) is 18.6 Å². The lowest BCUT2D eigenvalue weighted by molar-refractivity contribution is -0.118. The van der Waals surface area contributed by atoms with E-state index in [1.54, 1.807) is 0 Å². The van der Waals surface area contributed by atoms with Gasteiger partial charge in [-0.25, -0.2) is 9.97 Å². The largest absolute Gasteiger partial charge is 0.395 e. The third kappa shape index (κ3) is 8.20. The zero-order chi connectivity index (χ0) is 25.2. The highest BCUT2D eigenvalue weighted by atomic mass is 32.2. The van der Waals surface area contributed by atoms with E-state index in [0.717, 1.165) is 57.7 Å². The van der Waals surface area contributed by atoms with Gasteiger partial charge >= 0.3 is 0 Å². The Bertz CT molecular complexity index is 885. The SMILES string of the molecule is C=C(Nc1cc(N2CCN(CCO)CC2)nc(C)n1)S/C(=C\C)C(=O)NC1CCCCC1CCN. The molecule has 1 aromatic rings. The maximum Gasteiger partial charge on any atom is 0.257 e. The van der Waals surface area contributed by atoms with Crippen LogP contribution in [0, 0.1) is 12.8 Å². The minimum Gasteiger partial charge on any atom is -0.395 e. The van der Waals surface area contributed by atoms with Crippen LogP contribution >= 0.6 is 11.8 Å². The molecule has 1 aliphatic carbocycles. The van der Waals surface area contributed by atoms with E-state index in [0.29, 0.717) is 40.6 Å². The van der Waals surface area contributed by atoms with Gasteiger partial charge in [-0.3, -0.25) is 9.69 Å². The van der Waals surface area contributed by atoms with Gasteiger partial charge in [-0.1, -0.05) is 37.3 Å². The van der Waals surface area contributed by atoms with Crippen LogP contribution in [0.4, 0.5) is 11.6 Å². The molecular weight excluding hydrogens is 462 g/mol. The number of aliphatic hydroxyl groups excluding tert-OH is 1. The highest BCUT2D eigenvalue weighted by Crippen LogP contribution is 2.30. The summed E-state index contributed by atoms with van der Waals surface area (Å²) in [4.78, 5) is 27.2. The van der Waals surface area contributed by atoms with Crippen LogP contribution in [0.5, 0.6) is 0 Å². The molecule has 1 saturated heterocycles. The molecule has 2 fully saturated rings. The zero-order valence-corrected chi connectivity index (χ0v) is 21.9. The first-order chi connectivity index (χ1) is 16.9. The number of aliphatic hydroxyl groups is 1. The number of thioether (sulfide) groups is 1. The van der Waals surface area contributed by atoms with Crippen molar-refractivity contribution in [3.05, 3.63) is 34.5 Å². The van der Waals surface area contributed by atoms with E-state index in [1.165, 1.54) is 18.2 Å². The predicted octanol–water partition coefficient (Wildman–Crippen LogP) is 2.44. The van der Waals surface area contributed by atoms with Gasteiger partial charge in [0.25, 0.3) is 5.91 Å². The Morgan fingerprint density at radius 3 is 2.71 bits per heavy atom. The van der Waals surface area contributed by atoms with Gasteiger partial charge in [-0.15, -0.1) is 0 Å². The molecule has 2 atom stereocenters. The number of β-amino-alcohol motifs (C(OH)–C–C–N with tert-alkyl or cyclic N) is 1. The molecule has 5 N–H and O–H groups in total. The molecule has 1 aromatic heterocycles. The van der Waals surface area contributed by atoms with Gasteiger partial charge in [-0.2, -0.15) is 0 Å². The van der Waals surface area contributed by atoms with Crippen molar-refractivity contribution in [2.75, 3.05) is 56.1 Å². The number of nitrogens with two attached hydrogens (primary N) is 1. The first kappa shape index (κ1) is 27.4. The number of hydrogen-bond acceptors (Lipinski definition) is 9. The van der Waals surface area contributed by atoms with Gasteiger partial charge in [0.05, 0.1) is 16.5 Å². The fourth-order valence-electron chi connectivity index (χ4n) is 4.85. The lowest BCUT2D eigenvalue weighted by atomic mass is 9.82. The van der Waals surface area contributed by atoms with Crippen molar-refractivity contribution in [2.24, 2.45) is 11.7 Å². The van der Waals surface area contributed by atoms with Gasteiger partial charge in [0.1, 0.15) is 17.5 Å². The molecule has 194 valence electrons. The average Bonchev–Trinajstić information content (AvgIpc) is 2.84. The van der Waals surface area contributed by atoms with Crippen LogP contribution in [-0.2, 0) is 4.79 Å². The monoisotopic (exact) mass is 503 g/mol. The average molecular weight is 504 g/mol. The highest BCUT2D eigenvalue weighted by Gasteiger charge is 2.27. The third-order valence-corrected chi connectivity index (χ3v) is 7.68. The van der Waals surface area contributed by atoms with Crippen LogP contribution in [0.25, 0.3) is 0 Å². The van der Waals surface area contributed by atoms with Crippen LogP contribution in [-0.4, -0.2) is 77.8 Å². The number of anilines is 2. The normalized spacial score (nSPS) is 21.6. The summed E-state index contributed by atoms with van der Waals surface area (Å²) in [5.41, 5.74) is 5.79. The van der Waals surface area contributed by atoms with Gasteiger partial charge < -0.3 is 26.4 Å². The van der Waals surface area contributed by atoms with Crippen molar-refractivity contribution in [1.29, 1.82) is 0 Å². The molecule has 2 heterocycles. The number of aryl methyl sites for hydroxylation is 1. The summed E-state index contributed by atoms with van der Waals surface area (Å²) in [6, 6.07) is 2.11. The fraction of sp³-hybridized carbons (Fsp3) is 0.640. The molecule has 3 rings (SSSR count). The van der Waals surface area contributed by atoms with Crippen molar-refractivity contribution in [2.45, 2.75) is 52.0 Å². The molecule has 1 saturated carbocycles. The number of rotatable bonds is 11. The topological polar surface area (TPSA) is 120 Å². The Labute approximate surface area is 213 Å². The van der Waals surface area contributed by atoms with Crippen molar-refractivity contribution in [1.82, 2.24) is 20.2 Å². The Morgan fingerprint density at radius 1 is 1.29 bits per heavy atom. The van der Waals surface area contributed by atoms with E-state index in [1.807, 2.05) is 26.0 Å². The predicted molar refractivity (Wildman–Crippen MR) is 144 cm³/mol. The van der Waals surface area contributed by atoms with Gasteiger partial charge in [-0.05, 0) is 45.6 Å². The minimum absolute atomic E-state index is 0.0605. The van der Waals surface area contributed by atoms with E-state index in [2.05, 4.69) is 37.0 Å². The number of carbonyl (C=O) groups is 1. The molecular formula is C25H41N7O2S. The number of allylic oxidation sites excluding steroid dienone is 1. The maximum absolute atomic E-state index is 13.0. The number of hydrogen-bond donors (Lipinski definition) is 4. The second-order valence-electron chi connectivity index (χ2n) is 9.22. The van der Waals surface area contributed by atoms with Crippen LogP contribution in [0.1, 0.15) is 44.9 Å².